The summed E-state index contributed by atoms with van der Waals surface area (Å²) in [6.07, 6.45) is 3.72. The molecule has 1 aliphatic carbocycles. The minimum Gasteiger partial charge on any atom is -0.494 e. The Morgan fingerprint density at radius 1 is 1.47 bits per heavy atom. The minimum atomic E-state index is 0.270. The van der Waals surface area contributed by atoms with E-state index in [2.05, 4.69) is 22.9 Å². The van der Waals surface area contributed by atoms with Gasteiger partial charge in [0.25, 0.3) is 0 Å². The van der Waals surface area contributed by atoms with E-state index in [1.54, 1.807) is 0 Å². The van der Waals surface area contributed by atoms with Gasteiger partial charge in [0, 0.05) is 4.47 Å². The van der Waals surface area contributed by atoms with Crippen LogP contribution in [0.25, 0.3) is 0 Å². The molecule has 1 unspecified atom stereocenters. The van der Waals surface area contributed by atoms with Gasteiger partial charge in [0.2, 0.25) is 0 Å². The number of halogens is 1. The average Bonchev–Trinajstić information content (AvgIpc) is 3.13. The van der Waals surface area contributed by atoms with E-state index in [-0.39, 0.29) is 5.41 Å². The van der Waals surface area contributed by atoms with Crippen LogP contribution in [0.3, 0.4) is 0 Å². The first kappa shape index (κ1) is 12.9. The Morgan fingerprint density at radius 2 is 2.24 bits per heavy atom. The van der Waals surface area contributed by atoms with Crippen LogP contribution in [-0.2, 0) is 0 Å². The molecule has 17 heavy (non-hydrogen) atoms. The van der Waals surface area contributed by atoms with Gasteiger partial charge in [-0.15, -0.1) is 0 Å². The molecule has 1 saturated carbocycles. The second-order valence-corrected chi connectivity index (χ2v) is 6.10. The van der Waals surface area contributed by atoms with Crippen molar-refractivity contribution < 1.29 is 4.74 Å². The SMILES string of the molecule is CC(CN)(CCOc1cccc(Br)c1)C1CC1. The number of hydrogen-bond donors (Lipinski definition) is 1. The standard InChI is InChI=1S/C14H20BrNO/c1-14(10-16,11-5-6-11)7-8-17-13-4-2-3-12(15)9-13/h2-4,9,11H,5-8,10,16H2,1H3. The number of nitrogens with two attached hydrogens (primary N) is 1. The van der Waals surface area contributed by atoms with Crippen LogP contribution in [0, 0.1) is 11.3 Å². The van der Waals surface area contributed by atoms with Crippen molar-refractivity contribution >= 4 is 15.9 Å². The normalized spacial score (nSPS) is 18.8. The largest absolute Gasteiger partial charge is 0.494 e. The van der Waals surface area contributed by atoms with Crippen molar-refractivity contribution in [1.82, 2.24) is 0 Å². The van der Waals surface area contributed by atoms with Gasteiger partial charge in [-0.2, -0.15) is 0 Å². The Balaban J connectivity index is 1.82. The summed E-state index contributed by atoms with van der Waals surface area (Å²) >= 11 is 3.44. The highest BCUT2D eigenvalue weighted by molar-refractivity contribution is 9.10. The Hall–Kier alpha value is -0.540. The maximum Gasteiger partial charge on any atom is 0.120 e. The molecule has 2 N–H and O–H groups in total. The van der Waals surface area contributed by atoms with E-state index in [0.717, 1.165) is 35.7 Å². The van der Waals surface area contributed by atoms with Crippen LogP contribution in [0.4, 0.5) is 0 Å². The summed E-state index contributed by atoms with van der Waals surface area (Å²) in [7, 11) is 0. The van der Waals surface area contributed by atoms with Crippen LogP contribution in [-0.4, -0.2) is 13.2 Å². The van der Waals surface area contributed by atoms with Gasteiger partial charge in [0.05, 0.1) is 6.61 Å². The van der Waals surface area contributed by atoms with Crippen LogP contribution in [0.1, 0.15) is 26.2 Å². The zero-order chi connectivity index (χ0) is 12.3. The molecule has 1 aromatic carbocycles. The van der Waals surface area contributed by atoms with Crippen molar-refractivity contribution in [2.45, 2.75) is 26.2 Å². The smallest absolute Gasteiger partial charge is 0.120 e. The number of ether oxygens (including phenoxy) is 1. The molecule has 0 aliphatic heterocycles. The maximum atomic E-state index is 5.89. The molecular weight excluding hydrogens is 278 g/mol. The first-order valence-electron chi connectivity index (χ1n) is 6.22. The van der Waals surface area contributed by atoms with Crippen molar-refractivity contribution in [3.8, 4) is 5.75 Å². The molecule has 0 amide bonds. The highest BCUT2D eigenvalue weighted by Crippen LogP contribution is 2.46. The quantitative estimate of drug-likeness (QED) is 0.871. The average molecular weight is 298 g/mol. The summed E-state index contributed by atoms with van der Waals surface area (Å²) in [6.45, 7) is 3.80. The Bertz CT molecular complexity index is 378. The third-order valence-corrected chi connectivity index (χ3v) is 4.26. The summed E-state index contributed by atoms with van der Waals surface area (Å²) in [5.74, 6) is 1.74. The number of hydrogen-bond acceptors (Lipinski definition) is 2. The molecule has 0 spiro atoms. The molecule has 1 aliphatic rings. The fourth-order valence-electron chi connectivity index (χ4n) is 2.21. The van der Waals surface area contributed by atoms with Crippen LogP contribution < -0.4 is 10.5 Å². The number of benzene rings is 1. The van der Waals surface area contributed by atoms with Crippen molar-refractivity contribution in [3.05, 3.63) is 28.7 Å². The third-order valence-electron chi connectivity index (χ3n) is 3.77. The summed E-state index contributed by atoms with van der Waals surface area (Å²) in [5, 5.41) is 0. The highest BCUT2D eigenvalue weighted by Gasteiger charge is 2.40. The van der Waals surface area contributed by atoms with Crippen molar-refractivity contribution in [2.24, 2.45) is 17.1 Å². The van der Waals surface area contributed by atoms with E-state index in [1.807, 2.05) is 24.3 Å². The lowest BCUT2D eigenvalue weighted by molar-refractivity contribution is 0.192. The van der Waals surface area contributed by atoms with Gasteiger partial charge in [-0.3, -0.25) is 0 Å². The van der Waals surface area contributed by atoms with E-state index < -0.39 is 0 Å². The highest BCUT2D eigenvalue weighted by atomic mass is 79.9. The Labute approximate surface area is 112 Å². The zero-order valence-corrected chi connectivity index (χ0v) is 11.9. The molecule has 0 saturated heterocycles. The monoisotopic (exact) mass is 297 g/mol. The van der Waals surface area contributed by atoms with E-state index in [9.17, 15) is 0 Å². The Morgan fingerprint density at radius 3 is 2.82 bits per heavy atom. The van der Waals surface area contributed by atoms with Crippen molar-refractivity contribution in [3.63, 3.8) is 0 Å². The Kier molecular flexibility index (Phi) is 4.10. The molecule has 2 rings (SSSR count). The molecule has 1 atom stereocenters. The van der Waals surface area contributed by atoms with Crippen LogP contribution in [0.15, 0.2) is 28.7 Å². The van der Waals surface area contributed by atoms with E-state index in [4.69, 9.17) is 10.5 Å². The molecule has 0 bridgehead atoms. The first-order chi connectivity index (χ1) is 8.14. The molecule has 1 aromatic rings. The van der Waals surface area contributed by atoms with Gasteiger partial charge in [-0.1, -0.05) is 28.9 Å². The summed E-state index contributed by atoms with van der Waals surface area (Å²) in [5.41, 5.74) is 6.16. The van der Waals surface area contributed by atoms with Gasteiger partial charge >= 0.3 is 0 Å². The summed E-state index contributed by atoms with van der Waals surface area (Å²) < 4.78 is 6.83. The lowest BCUT2D eigenvalue weighted by atomic mass is 9.82. The van der Waals surface area contributed by atoms with E-state index in [1.165, 1.54) is 12.8 Å². The number of rotatable bonds is 6. The van der Waals surface area contributed by atoms with Crippen LogP contribution >= 0.6 is 15.9 Å². The first-order valence-corrected chi connectivity index (χ1v) is 7.02. The second kappa shape index (κ2) is 5.40. The lowest BCUT2D eigenvalue weighted by Gasteiger charge is -2.27. The topological polar surface area (TPSA) is 35.2 Å². The molecule has 0 heterocycles. The summed E-state index contributed by atoms with van der Waals surface area (Å²) in [4.78, 5) is 0. The predicted molar refractivity (Wildman–Crippen MR) is 74.1 cm³/mol. The van der Waals surface area contributed by atoms with Gasteiger partial charge in [0.15, 0.2) is 0 Å². The molecular formula is C14H20BrNO. The summed E-state index contributed by atoms with van der Waals surface area (Å²) in [6, 6.07) is 7.97. The second-order valence-electron chi connectivity index (χ2n) is 5.19. The molecule has 0 radical (unpaired) electrons. The van der Waals surface area contributed by atoms with Crippen LogP contribution in [0.5, 0.6) is 5.75 Å². The van der Waals surface area contributed by atoms with E-state index >= 15 is 0 Å². The zero-order valence-electron chi connectivity index (χ0n) is 10.3. The van der Waals surface area contributed by atoms with Gasteiger partial charge in [-0.05, 0) is 55.3 Å². The fraction of sp³-hybridized carbons (Fsp3) is 0.571. The van der Waals surface area contributed by atoms with Crippen LogP contribution in [0.2, 0.25) is 0 Å². The predicted octanol–water partition coefficient (Wildman–Crippen LogP) is 3.59. The lowest BCUT2D eigenvalue weighted by Crippen LogP contribution is -2.31. The molecule has 1 fully saturated rings. The maximum absolute atomic E-state index is 5.89. The third kappa shape index (κ3) is 3.46. The molecule has 0 aromatic heterocycles. The van der Waals surface area contributed by atoms with E-state index in [0.29, 0.717) is 0 Å². The molecule has 94 valence electrons. The van der Waals surface area contributed by atoms with Crippen molar-refractivity contribution in [2.75, 3.05) is 13.2 Å². The molecule has 2 nitrogen and oxygen atoms in total. The van der Waals surface area contributed by atoms with Gasteiger partial charge in [-0.25, -0.2) is 0 Å². The van der Waals surface area contributed by atoms with Crippen molar-refractivity contribution in [1.29, 1.82) is 0 Å². The van der Waals surface area contributed by atoms with Gasteiger partial charge in [0.1, 0.15) is 5.75 Å². The fourth-order valence-corrected chi connectivity index (χ4v) is 2.59. The molecule has 3 heteroatoms. The minimum absolute atomic E-state index is 0.270. The van der Waals surface area contributed by atoms with Gasteiger partial charge < -0.3 is 10.5 Å².